The summed E-state index contributed by atoms with van der Waals surface area (Å²) in [5.41, 5.74) is 2.29. The summed E-state index contributed by atoms with van der Waals surface area (Å²) in [5, 5.41) is 0. The highest BCUT2D eigenvalue weighted by Gasteiger charge is 2.68. The van der Waals surface area contributed by atoms with Gasteiger partial charge in [-0.2, -0.15) is 0 Å². The Bertz CT molecular complexity index is 1110. The van der Waals surface area contributed by atoms with E-state index >= 15 is 0 Å². The maximum atomic E-state index is 13.3. The third-order valence-electron chi connectivity index (χ3n) is 10.2. The second-order valence-corrected chi connectivity index (χ2v) is 11.8. The minimum Gasteiger partial charge on any atom is -0.447 e. The van der Waals surface area contributed by atoms with Crippen LogP contribution in [0.2, 0.25) is 0 Å². The van der Waals surface area contributed by atoms with Crippen molar-refractivity contribution in [1.82, 2.24) is 0 Å². The number of benzene rings is 1. The van der Waals surface area contributed by atoms with Gasteiger partial charge in [-0.15, -0.1) is 0 Å². The topological polar surface area (TPSA) is 60.4 Å². The lowest BCUT2D eigenvalue weighted by Gasteiger charge is -2.59. The lowest BCUT2D eigenvalue weighted by molar-refractivity contribution is -0.160. The van der Waals surface area contributed by atoms with Crippen LogP contribution in [0.5, 0.6) is 0 Å². The fourth-order valence-corrected chi connectivity index (χ4v) is 8.29. The van der Waals surface area contributed by atoms with Crippen LogP contribution in [0, 0.1) is 35.5 Å². The highest BCUT2D eigenvalue weighted by atomic mass is 16.6. The van der Waals surface area contributed by atoms with Crippen LogP contribution in [0.1, 0.15) is 81.6 Å². The van der Waals surface area contributed by atoms with Crippen LogP contribution >= 0.6 is 0 Å². The number of aryl methyl sites for hydroxylation is 1. The first-order valence-corrected chi connectivity index (χ1v) is 12.8. The van der Waals surface area contributed by atoms with Crippen molar-refractivity contribution in [2.75, 3.05) is 0 Å². The number of ether oxygens (including phenoxy) is 1. The zero-order valence-electron chi connectivity index (χ0n) is 20.9. The smallest absolute Gasteiger partial charge is 0.339 e. The molecule has 4 aliphatic carbocycles. The van der Waals surface area contributed by atoms with Gasteiger partial charge in [-0.3, -0.25) is 9.59 Å². The Balaban J connectivity index is 1.49. The zero-order valence-corrected chi connectivity index (χ0v) is 20.9. The van der Waals surface area contributed by atoms with Crippen LogP contribution < -0.4 is 0 Å². The SMILES string of the molecule is C=C1CC2C(CC[C@@]3(C)C2CC[C@]3(OC(=O)c2ccc(C)cc2)C(C)=O)[C@@]2(C)CCC(=O)C=C12. The number of Topliss-reactive ketones (excluding diaryl/α,β-unsaturated/α-hetero) is 1. The zero-order chi connectivity index (χ0) is 24.5. The first-order valence-electron chi connectivity index (χ1n) is 12.8. The fourth-order valence-electron chi connectivity index (χ4n) is 8.29. The predicted molar refractivity (Wildman–Crippen MR) is 131 cm³/mol. The lowest BCUT2D eigenvalue weighted by atomic mass is 9.45. The van der Waals surface area contributed by atoms with Crippen molar-refractivity contribution in [2.45, 2.75) is 78.2 Å². The van der Waals surface area contributed by atoms with Gasteiger partial charge in [-0.05, 0) is 99.3 Å². The molecule has 0 heterocycles. The molecule has 3 unspecified atom stereocenters. The quantitative estimate of drug-likeness (QED) is 0.506. The van der Waals surface area contributed by atoms with E-state index in [1.807, 2.05) is 25.1 Å². The van der Waals surface area contributed by atoms with E-state index in [1.165, 1.54) is 0 Å². The Morgan fingerprint density at radius 3 is 2.38 bits per heavy atom. The summed E-state index contributed by atoms with van der Waals surface area (Å²) in [5.74, 6) is 0.907. The Morgan fingerprint density at radius 2 is 1.71 bits per heavy atom. The Morgan fingerprint density at radius 1 is 1.03 bits per heavy atom. The van der Waals surface area contributed by atoms with Gasteiger partial charge in [0.05, 0.1) is 5.56 Å². The van der Waals surface area contributed by atoms with Crippen molar-refractivity contribution in [1.29, 1.82) is 0 Å². The molecule has 5 rings (SSSR count). The molecular formula is C30H36O4. The van der Waals surface area contributed by atoms with Gasteiger partial charge in [0, 0.05) is 11.8 Å². The molecule has 0 aromatic heterocycles. The highest BCUT2D eigenvalue weighted by Crippen LogP contribution is 2.69. The number of hydrogen-bond acceptors (Lipinski definition) is 4. The fraction of sp³-hybridized carbons (Fsp3) is 0.567. The lowest BCUT2D eigenvalue weighted by Crippen LogP contribution is -2.58. The molecule has 0 saturated heterocycles. The van der Waals surface area contributed by atoms with Crippen molar-refractivity contribution in [2.24, 2.45) is 28.6 Å². The van der Waals surface area contributed by atoms with E-state index in [-0.39, 0.29) is 22.9 Å². The average Bonchev–Trinajstić information content (AvgIpc) is 3.09. The van der Waals surface area contributed by atoms with E-state index in [4.69, 9.17) is 4.74 Å². The predicted octanol–water partition coefficient (Wildman–Crippen LogP) is 6.18. The molecule has 180 valence electrons. The van der Waals surface area contributed by atoms with E-state index in [2.05, 4.69) is 20.4 Å². The molecule has 3 saturated carbocycles. The molecule has 0 amide bonds. The molecule has 4 nitrogen and oxygen atoms in total. The summed E-state index contributed by atoms with van der Waals surface area (Å²) < 4.78 is 6.24. The molecule has 0 spiro atoms. The molecule has 0 N–H and O–H groups in total. The van der Waals surface area contributed by atoms with Gasteiger partial charge in [0.2, 0.25) is 0 Å². The number of carbonyl (C=O) groups is 3. The van der Waals surface area contributed by atoms with Crippen LogP contribution in [0.3, 0.4) is 0 Å². The minimum absolute atomic E-state index is 0.0325. The molecule has 4 aliphatic rings. The summed E-state index contributed by atoms with van der Waals surface area (Å²) in [6, 6.07) is 7.36. The van der Waals surface area contributed by atoms with Crippen LogP contribution in [-0.2, 0) is 14.3 Å². The van der Waals surface area contributed by atoms with Crippen LogP contribution in [0.25, 0.3) is 0 Å². The summed E-state index contributed by atoms with van der Waals surface area (Å²) in [4.78, 5) is 38.7. The van der Waals surface area contributed by atoms with Crippen LogP contribution in [-0.4, -0.2) is 23.1 Å². The normalized spacial score (nSPS) is 38.9. The molecule has 1 aromatic rings. The molecule has 0 radical (unpaired) electrons. The van der Waals surface area contributed by atoms with E-state index in [1.54, 1.807) is 19.1 Å². The first-order chi connectivity index (χ1) is 16.0. The number of hydrogen-bond donors (Lipinski definition) is 0. The third kappa shape index (κ3) is 3.13. The molecule has 34 heavy (non-hydrogen) atoms. The molecular weight excluding hydrogens is 424 g/mol. The standard InChI is InChI=1S/C30H36O4/c1-18-6-8-21(9-7-18)27(33)34-30(20(3)31)15-12-25-23-16-19(2)26-17-22(32)10-13-28(26,4)24(23)11-14-29(25,30)5/h6-9,17,23-25H,2,10-16H2,1,3-5H3/t23?,24?,25?,28-,29+,30+/m1/s1. The van der Waals surface area contributed by atoms with Gasteiger partial charge < -0.3 is 4.74 Å². The van der Waals surface area contributed by atoms with E-state index in [0.29, 0.717) is 30.2 Å². The maximum absolute atomic E-state index is 13.3. The number of carbonyl (C=O) groups excluding carboxylic acids is 3. The molecule has 0 bridgehead atoms. The van der Waals surface area contributed by atoms with Crippen molar-refractivity contribution in [3.63, 3.8) is 0 Å². The van der Waals surface area contributed by atoms with Crippen molar-refractivity contribution in [3.8, 4) is 0 Å². The molecule has 3 fully saturated rings. The average molecular weight is 461 g/mol. The molecule has 0 aliphatic heterocycles. The second-order valence-electron chi connectivity index (χ2n) is 11.8. The van der Waals surface area contributed by atoms with Gasteiger partial charge in [0.1, 0.15) is 0 Å². The number of esters is 1. The van der Waals surface area contributed by atoms with Crippen molar-refractivity contribution >= 4 is 17.5 Å². The van der Waals surface area contributed by atoms with E-state index in [0.717, 1.165) is 48.8 Å². The number of rotatable bonds is 3. The monoisotopic (exact) mass is 460 g/mol. The first kappa shape index (κ1) is 23.3. The summed E-state index contributed by atoms with van der Waals surface area (Å²) in [7, 11) is 0. The van der Waals surface area contributed by atoms with Gasteiger partial charge in [-0.25, -0.2) is 4.79 Å². The highest BCUT2D eigenvalue weighted by molar-refractivity contribution is 5.95. The second kappa shape index (κ2) is 7.76. The van der Waals surface area contributed by atoms with Gasteiger partial charge in [-0.1, -0.05) is 43.7 Å². The van der Waals surface area contributed by atoms with Crippen LogP contribution in [0.15, 0.2) is 48.1 Å². The molecule has 4 heteroatoms. The Labute approximate surface area is 202 Å². The molecule has 1 aromatic carbocycles. The van der Waals surface area contributed by atoms with E-state index < -0.39 is 17.0 Å². The summed E-state index contributed by atoms with van der Waals surface area (Å²) in [6.45, 7) is 12.5. The van der Waals surface area contributed by atoms with Crippen molar-refractivity contribution < 1.29 is 19.1 Å². The minimum atomic E-state index is -1.09. The summed E-state index contributed by atoms with van der Waals surface area (Å²) in [6.07, 6.45) is 7.47. The maximum Gasteiger partial charge on any atom is 0.339 e. The van der Waals surface area contributed by atoms with Crippen molar-refractivity contribution in [3.05, 3.63) is 59.2 Å². The number of allylic oxidation sites excluding steroid dienone is 2. The van der Waals surface area contributed by atoms with Gasteiger partial charge in [0.15, 0.2) is 17.2 Å². The van der Waals surface area contributed by atoms with Crippen LogP contribution in [0.4, 0.5) is 0 Å². The number of ketones is 2. The third-order valence-corrected chi connectivity index (χ3v) is 10.2. The van der Waals surface area contributed by atoms with E-state index in [9.17, 15) is 14.4 Å². The molecule has 6 atom stereocenters. The Hall–Kier alpha value is -2.49. The summed E-state index contributed by atoms with van der Waals surface area (Å²) >= 11 is 0. The Kier molecular flexibility index (Phi) is 5.31. The van der Waals surface area contributed by atoms with Gasteiger partial charge >= 0.3 is 5.97 Å². The van der Waals surface area contributed by atoms with Gasteiger partial charge in [0.25, 0.3) is 0 Å². The number of fused-ring (bicyclic) bond motifs is 5. The largest absolute Gasteiger partial charge is 0.447 e.